The van der Waals surface area contributed by atoms with Crippen LogP contribution < -0.4 is 10.2 Å². The van der Waals surface area contributed by atoms with E-state index in [1.54, 1.807) is 6.20 Å². The van der Waals surface area contributed by atoms with Crippen LogP contribution in [0.3, 0.4) is 0 Å². The Hall–Kier alpha value is -1.29. The van der Waals surface area contributed by atoms with Crippen LogP contribution in [-0.4, -0.2) is 28.9 Å². The fourth-order valence-electron chi connectivity index (χ4n) is 1.51. The molecule has 98 valence electrons. The predicted octanol–water partition coefficient (Wildman–Crippen LogP) is 2.64. The molecule has 0 bridgehead atoms. The number of hydrogen-bond acceptors (Lipinski definition) is 3. The summed E-state index contributed by atoms with van der Waals surface area (Å²) in [5.74, 6) is 0.755. The lowest BCUT2D eigenvalue weighted by molar-refractivity contribution is -0.116. The summed E-state index contributed by atoms with van der Waals surface area (Å²) in [7, 11) is 1.99. The van der Waals surface area contributed by atoms with Crippen LogP contribution in [0.4, 0.5) is 11.5 Å². The second kappa shape index (κ2) is 4.76. The number of amides is 1. The lowest BCUT2D eigenvalue weighted by Crippen LogP contribution is -2.27. The molecule has 5 heteroatoms. The van der Waals surface area contributed by atoms with Crippen LogP contribution in [0.2, 0.25) is 0 Å². The van der Waals surface area contributed by atoms with Gasteiger partial charge in [-0.3, -0.25) is 4.79 Å². The van der Waals surface area contributed by atoms with Crippen molar-refractivity contribution in [3.05, 3.63) is 18.3 Å². The van der Waals surface area contributed by atoms with Crippen molar-refractivity contribution in [2.45, 2.75) is 37.6 Å². The van der Waals surface area contributed by atoms with E-state index in [9.17, 15) is 4.79 Å². The monoisotopic (exact) mass is 267 g/mol. The molecule has 0 spiro atoms. The highest BCUT2D eigenvalue weighted by atomic mass is 35.5. The molecule has 1 N–H and O–H groups in total. The van der Waals surface area contributed by atoms with Gasteiger partial charge in [0.2, 0.25) is 5.91 Å². The Morgan fingerprint density at radius 3 is 2.61 bits per heavy atom. The van der Waals surface area contributed by atoms with E-state index in [0.29, 0.717) is 11.7 Å². The number of carbonyl (C=O) groups excluding carboxylic acids is 1. The molecule has 2 rings (SSSR count). The van der Waals surface area contributed by atoms with Gasteiger partial charge in [0.15, 0.2) is 0 Å². The summed E-state index contributed by atoms with van der Waals surface area (Å²) in [5, 5.41) is 2.79. The Morgan fingerprint density at radius 1 is 1.50 bits per heavy atom. The van der Waals surface area contributed by atoms with Crippen LogP contribution in [0.1, 0.15) is 26.7 Å². The average molecular weight is 268 g/mol. The van der Waals surface area contributed by atoms with Gasteiger partial charge in [0.1, 0.15) is 10.7 Å². The highest BCUT2D eigenvalue weighted by molar-refractivity contribution is 6.38. The van der Waals surface area contributed by atoms with E-state index in [2.05, 4.69) is 29.0 Å². The van der Waals surface area contributed by atoms with Crippen molar-refractivity contribution in [3.63, 3.8) is 0 Å². The zero-order chi connectivity index (χ0) is 13.3. The fraction of sp³-hybridized carbons (Fsp3) is 0.538. The van der Waals surface area contributed by atoms with Gasteiger partial charge < -0.3 is 10.2 Å². The molecule has 4 nitrogen and oxygen atoms in total. The second-order valence-corrected chi connectivity index (χ2v) is 5.75. The zero-order valence-electron chi connectivity index (χ0n) is 10.9. The molecule has 18 heavy (non-hydrogen) atoms. The summed E-state index contributed by atoms with van der Waals surface area (Å²) in [6.07, 6.45) is 3.17. The molecular formula is C13H18ClN3O. The number of nitrogens with one attached hydrogen (secondary N) is 1. The van der Waals surface area contributed by atoms with Crippen molar-refractivity contribution < 1.29 is 4.79 Å². The Bertz CT molecular complexity index is 440. The maximum absolute atomic E-state index is 11.7. The Morgan fingerprint density at radius 2 is 2.17 bits per heavy atom. The number of carbonyl (C=O) groups is 1. The topological polar surface area (TPSA) is 45.2 Å². The van der Waals surface area contributed by atoms with Gasteiger partial charge in [-0.15, -0.1) is 11.6 Å². The SMILES string of the molecule is CC(C)N(C)c1ccc(NC(=O)C2(Cl)CC2)cn1. The van der Waals surface area contributed by atoms with Crippen molar-refractivity contribution in [1.29, 1.82) is 0 Å². The van der Waals surface area contributed by atoms with Crippen LogP contribution in [0.15, 0.2) is 18.3 Å². The Labute approximate surface area is 112 Å². The third-order valence-electron chi connectivity index (χ3n) is 3.24. The molecule has 0 unspecified atom stereocenters. The molecule has 0 aliphatic heterocycles. The fourth-order valence-corrected chi connectivity index (χ4v) is 1.65. The minimum atomic E-state index is -0.673. The van der Waals surface area contributed by atoms with E-state index in [0.717, 1.165) is 18.7 Å². The number of nitrogens with zero attached hydrogens (tertiary/aromatic N) is 2. The molecule has 0 atom stereocenters. The van der Waals surface area contributed by atoms with E-state index in [-0.39, 0.29) is 5.91 Å². The molecule has 0 saturated heterocycles. The largest absolute Gasteiger partial charge is 0.357 e. The van der Waals surface area contributed by atoms with Gasteiger partial charge in [0.25, 0.3) is 0 Å². The highest BCUT2D eigenvalue weighted by Crippen LogP contribution is 2.43. The first-order chi connectivity index (χ1) is 8.42. The minimum absolute atomic E-state index is 0.129. The van der Waals surface area contributed by atoms with Crippen molar-refractivity contribution in [2.75, 3.05) is 17.3 Å². The quantitative estimate of drug-likeness (QED) is 0.853. The number of alkyl halides is 1. The van der Waals surface area contributed by atoms with E-state index in [1.807, 2.05) is 19.2 Å². The first-order valence-electron chi connectivity index (χ1n) is 6.12. The zero-order valence-corrected chi connectivity index (χ0v) is 11.7. The summed E-state index contributed by atoms with van der Waals surface area (Å²) >= 11 is 6.03. The molecule has 1 amide bonds. The molecule has 1 saturated carbocycles. The minimum Gasteiger partial charge on any atom is -0.357 e. The van der Waals surface area contributed by atoms with Gasteiger partial charge >= 0.3 is 0 Å². The van der Waals surface area contributed by atoms with Crippen molar-refractivity contribution >= 4 is 29.0 Å². The van der Waals surface area contributed by atoms with Gasteiger partial charge in [0, 0.05) is 13.1 Å². The Balaban J connectivity index is 2.01. The number of anilines is 2. The number of hydrogen-bond donors (Lipinski definition) is 1. The van der Waals surface area contributed by atoms with Crippen molar-refractivity contribution in [2.24, 2.45) is 0 Å². The molecule has 1 fully saturated rings. The molecule has 0 radical (unpaired) electrons. The van der Waals surface area contributed by atoms with Crippen LogP contribution in [-0.2, 0) is 4.79 Å². The summed E-state index contributed by atoms with van der Waals surface area (Å²) in [5.41, 5.74) is 0.688. The van der Waals surface area contributed by atoms with Crippen molar-refractivity contribution in [1.82, 2.24) is 4.98 Å². The lowest BCUT2D eigenvalue weighted by Gasteiger charge is -2.22. The molecule has 1 heterocycles. The van der Waals surface area contributed by atoms with Gasteiger partial charge in [-0.2, -0.15) is 0 Å². The number of pyridine rings is 1. The summed E-state index contributed by atoms with van der Waals surface area (Å²) in [4.78, 5) is 17.5. The lowest BCUT2D eigenvalue weighted by atomic mass is 10.3. The van der Waals surface area contributed by atoms with Crippen LogP contribution >= 0.6 is 11.6 Å². The van der Waals surface area contributed by atoms with Crippen molar-refractivity contribution in [3.8, 4) is 0 Å². The maximum Gasteiger partial charge on any atom is 0.245 e. The molecular weight excluding hydrogens is 250 g/mol. The molecule has 1 aliphatic carbocycles. The van der Waals surface area contributed by atoms with Gasteiger partial charge in [-0.05, 0) is 38.8 Å². The first kappa shape index (κ1) is 13.1. The van der Waals surface area contributed by atoms with Crippen LogP contribution in [0, 0.1) is 0 Å². The smallest absolute Gasteiger partial charge is 0.245 e. The van der Waals surface area contributed by atoms with E-state index < -0.39 is 4.87 Å². The molecule has 1 aliphatic rings. The number of rotatable bonds is 4. The third-order valence-corrected chi connectivity index (χ3v) is 3.79. The first-order valence-corrected chi connectivity index (χ1v) is 6.49. The van der Waals surface area contributed by atoms with Crippen LogP contribution in [0.25, 0.3) is 0 Å². The number of aromatic nitrogens is 1. The molecule has 1 aromatic heterocycles. The van der Waals surface area contributed by atoms with E-state index in [4.69, 9.17) is 11.6 Å². The van der Waals surface area contributed by atoms with Gasteiger partial charge in [-0.1, -0.05) is 0 Å². The van der Waals surface area contributed by atoms with Gasteiger partial charge in [0.05, 0.1) is 11.9 Å². The van der Waals surface area contributed by atoms with E-state index in [1.165, 1.54) is 0 Å². The molecule has 1 aromatic rings. The normalized spacial score (nSPS) is 16.5. The Kier molecular flexibility index (Phi) is 3.48. The average Bonchev–Trinajstić information content (AvgIpc) is 3.08. The maximum atomic E-state index is 11.7. The summed E-state index contributed by atoms with van der Waals surface area (Å²) in [6.45, 7) is 4.20. The van der Waals surface area contributed by atoms with Gasteiger partial charge in [-0.25, -0.2) is 4.98 Å². The highest BCUT2D eigenvalue weighted by Gasteiger charge is 2.48. The third kappa shape index (κ3) is 2.75. The predicted molar refractivity (Wildman–Crippen MR) is 74.2 cm³/mol. The number of halogens is 1. The second-order valence-electron chi connectivity index (χ2n) is 5.03. The standard InChI is InChI=1S/C13H18ClN3O/c1-9(2)17(3)11-5-4-10(8-15-11)16-12(18)13(14)6-7-13/h4-5,8-9H,6-7H2,1-3H3,(H,16,18). The summed E-state index contributed by atoms with van der Waals surface area (Å²) < 4.78 is 0. The summed E-state index contributed by atoms with van der Waals surface area (Å²) in [6, 6.07) is 4.13. The van der Waals surface area contributed by atoms with E-state index >= 15 is 0 Å². The molecule has 0 aromatic carbocycles. The van der Waals surface area contributed by atoms with Crippen LogP contribution in [0.5, 0.6) is 0 Å².